The van der Waals surface area contributed by atoms with Crippen LogP contribution >= 0.6 is 0 Å². The van der Waals surface area contributed by atoms with Gasteiger partial charge in [0.1, 0.15) is 0 Å². The second kappa shape index (κ2) is 8.82. The van der Waals surface area contributed by atoms with E-state index in [1.807, 2.05) is 4.90 Å². The van der Waals surface area contributed by atoms with Crippen molar-refractivity contribution in [1.29, 1.82) is 5.26 Å². The Bertz CT molecular complexity index is 814. The van der Waals surface area contributed by atoms with E-state index >= 15 is 0 Å². The normalized spacial score (nSPS) is 21.1. The average Bonchev–Trinajstić information content (AvgIpc) is 3.09. The molecule has 9 heteroatoms. The molecule has 1 amide bonds. The molecule has 2 aliphatic heterocycles. The highest BCUT2D eigenvalue weighted by Gasteiger charge is 2.48. The number of alkyl halides is 3. The van der Waals surface area contributed by atoms with Crippen molar-refractivity contribution in [3.05, 3.63) is 29.3 Å². The van der Waals surface area contributed by atoms with Gasteiger partial charge in [0.25, 0.3) is 0 Å². The number of hydrogen-bond acceptors (Lipinski definition) is 5. The summed E-state index contributed by atoms with van der Waals surface area (Å²) in [6, 6.07) is 5.36. The summed E-state index contributed by atoms with van der Waals surface area (Å²) < 4.78 is 45.0. The van der Waals surface area contributed by atoms with E-state index < -0.39 is 17.3 Å². The molecule has 164 valence electrons. The fourth-order valence-electron chi connectivity index (χ4n) is 4.66. The van der Waals surface area contributed by atoms with E-state index in [1.165, 1.54) is 12.1 Å². The molecular formula is C21H26F3N3O3. The van der Waals surface area contributed by atoms with Gasteiger partial charge in [-0.25, -0.2) is 0 Å². The number of halogens is 3. The third-order valence-electron chi connectivity index (χ3n) is 6.46. The molecule has 1 N–H and O–H groups in total. The highest BCUT2D eigenvalue weighted by molar-refractivity contribution is 5.76. The first kappa shape index (κ1) is 22.4. The first-order valence-electron chi connectivity index (χ1n) is 9.98. The van der Waals surface area contributed by atoms with Crippen LogP contribution in [0.4, 0.5) is 18.9 Å². The van der Waals surface area contributed by atoms with E-state index in [9.17, 15) is 23.1 Å². The molecule has 1 spiro atoms. The molecular weight excluding hydrogens is 399 g/mol. The molecule has 0 bridgehead atoms. The van der Waals surface area contributed by atoms with Gasteiger partial charge in [-0.05, 0) is 36.5 Å². The van der Waals surface area contributed by atoms with Gasteiger partial charge in [-0.1, -0.05) is 0 Å². The molecule has 2 fully saturated rings. The minimum Gasteiger partial charge on any atom is -0.396 e. The summed E-state index contributed by atoms with van der Waals surface area (Å²) in [5.41, 5.74) is -1.20. The number of amides is 1. The fourth-order valence-corrected chi connectivity index (χ4v) is 4.66. The number of benzene rings is 1. The second-order valence-corrected chi connectivity index (χ2v) is 8.09. The molecule has 0 saturated carbocycles. The van der Waals surface area contributed by atoms with Crippen molar-refractivity contribution in [2.24, 2.45) is 11.3 Å². The van der Waals surface area contributed by atoms with E-state index in [4.69, 9.17) is 10.00 Å². The number of rotatable bonds is 5. The Labute approximate surface area is 173 Å². The van der Waals surface area contributed by atoms with Crippen LogP contribution in [0.2, 0.25) is 0 Å². The van der Waals surface area contributed by atoms with E-state index in [2.05, 4.69) is 0 Å². The van der Waals surface area contributed by atoms with Gasteiger partial charge in [0.05, 0.1) is 30.2 Å². The molecule has 2 heterocycles. The van der Waals surface area contributed by atoms with Gasteiger partial charge >= 0.3 is 6.18 Å². The lowest BCUT2D eigenvalue weighted by molar-refractivity contribution is -0.138. The smallest absolute Gasteiger partial charge is 0.396 e. The van der Waals surface area contributed by atoms with Crippen molar-refractivity contribution in [3.8, 4) is 6.07 Å². The largest absolute Gasteiger partial charge is 0.417 e. The first-order valence-corrected chi connectivity index (χ1v) is 9.98. The van der Waals surface area contributed by atoms with Crippen molar-refractivity contribution >= 4 is 11.6 Å². The Balaban J connectivity index is 1.76. The lowest BCUT2D eigenvalue weighted by atomic mass is 9.71. The molecule has 1 unspecified atom stereocenters. The van der Waals surface area contributed by atoms with Gasteiger partial charge in [0.2, 0.25) is 5.91 Å². The number of aliphatic hydroxyl groups is 1. The Morgan fingerprint density at radius 3 is 2.63 bits per heavy atom. The Morgan fingerprint density at radius 2 is 2.07 bits per heavy atom. The summed E-state index contributed by atoms with van der Waals surface area (Å²) in [5.74, 6) is -0.0530. The maximum atomic E-state index is 13.3. The summed E-state index contributed by atoms with van der Waals surface area (Å²) in [5, 5.41) is 19.0. The third kappa shape index (κ3) is 4.40. The number of nitriles is 1. The Hall–Kier alpha value is -2.31. The maximum absolute atomic E-state index is 13.3. The van der Waals surface area contributed by atoms with Gasteiger partial charge in [-0.3, -0.25) is 4.79 Å². The van der Waals surface area contributed by atoms with Crippen molar-refractivity contribution in [2.45, 2.75) is 25.4 Å². The topological polar surface area (TPSA) is 76.8 Å². The zero-order valence-corrected chi connectivity index (χ0v) is 16.9. The fraction of sp³-hybridized carbons (Fsp3) is 0.619. The van der Waals surface area contributed by atoms with Crippen molar-refractivity contribution in [1.82, 2.24) is 4.90 Å². The minimum atomic E-state index is -4.61. The molecule has 2 aliphatic rings. The number of nitrogens with zero attached hydrogens (tertiary/aromatic N) is 3. The molecule has 0 radical (unpaired) electrons. The summed E-state index contributed by atoms with van der Waals surface area (Å²) in [4.78, 5) is 15.9. The van der Waals surface area contributed by atoms with Gasteiger partial charge in [-0.15, -0.1) is 0 Å². The monoisotopic (exact) mass is 425 g/mol. The summed E-state index contributed by atoms with van der Waals surface area (Å²) >= 11 is 0. The zero-order valence-electron chi connectivity index (χ0n) is 16.9. The van der Waals surface area contributed by atoms with Crippen LogP contribution in [0.15, 0.2) is 18.2 Å². The van der Waals surface area contributed by atoms with Gasteiger partial charge < -0.3 is 19.6 Å². The van der Waals surface area contributed by atoms with E-state index in [1.54, 1.807) is 18.1 Å². The molecule has 1 aromatic rings. The Morgan fingerprint density at radius 1 is 1.37 bits per heavy atom. The summed E-state index contributed by atoms with van der Waals surface area (Å²) in [6.07, 6.45) is -2.90. The summed E-state index contributed by atoms with van der Waals surface area (Å²) in [7, 11) is 1.55. The number of aliphatic hydroxyl groups excluding tert-OH is 1. The van der Waals surface area contributed by atoms with Gasteiger partial charge in [-0.2, -0.15) is 18.4 Å². The van der Waals surface area contributed by atoms with E-state index in [0.717, 1.165) is 6.07 Å². The molecule has 0 aromatic heterocycles. The highest BCUT2D eigenvalue weighted by atomic mass is 19.4. The molecule has 1 aromatic carbocycles. The van der Waals surface area contributed by atoms with Gasteiger partial charge in [0, 0.05) is 51.5 Å². The highest BCUT2D eigenvalue weighted by Crippen LogP contribution is 2.46. The van der Waals surface area contributed by atoms with Crippen LogP contribution in [-0.4, -0.2) is 62.4 Å². The van der Waals surface area contributed by atoms with Crippen LogP contribution in [0.5, 0.6) is 0 Å². The predicted octanol–water partition coefficient (Wildman–Crippen LogP) is 2.65. The number of carbonyl (C=O) groups excluding carboxylic acids is 1. The maximum Gasteiger partial charge on any atom is 0.417 e. The Kier molecular flexibility index (Phi) is 6.58. The third-order valence-corrected chi connectivity index (χ3v) is 6.46. The predicted molar refractivity (Wildman–Crippen MR) is 104 cm³/mol. The number of ether oxygens (including phenoxy) is 1. The van der Waals surface area contributed by atoms with Crippen LogP contribution in [0.3, 0.4) is 0 Å². The standard InChI is InChI=1S/C21H26F3N3O3/c1-30-9-4-19(29)26-7-5-20(6-8-26)14-27(12-16(20)13-28)17-3-2-15(11-25)18(10-17)21(22,23)24/h2-3,10,16,28H,4-9,12-14H2,1H3. The molecule has 6 nitrogen and oxygen atoms in total. The van der Waals surface area contributed by atoms with Crippen LogP contribution in [-0.2, 0) is 15.7 Å². The number of carbonyl (C=O) groups is 1. The van der Waals surface area contributed by atoms with Gasteiger partial charge in [0.15, 0.2) is 0 Å². The molecule has 30 heavy (non-hydrogen) atoms. The molecule has 3 rings (SSSR count). The number of hydrogen-bond donors (Lipinski definition) is 1. The lowest BCUT2D eigenvalue weighted by Gasteiger charge is -2.42. The van der Waals surface area contributed by atoms with Crippen LogP contribution in [0, 0.1) is 22.7 Å². The number of methoxy groups -OCH3 is 1. The molecule has 1 atom stereocenters. The lowest BCUT2D eigenvalue weighted by Crippen LogP contribution is -2.47. The average molecular weight is 425 g/mol. The van der Waals surface area contributed by atoms with Crippen molar-refractivity contribution in [3.63, 3.8) is 0 Å². The van der Waals surface area contributed by atoms with Crippen LogP contribution < -0.4 is 4.90 Å². The quantitative estimate of drug-likeness (QED) is 0.785. The van der Waals surface area contributed by atoms with Crippen LogP contribution in [0.1, 0.15) is 30.4 Å². The SMILES string of the molecule is COCCC(=O)N1CCC2(CC1)CN(c1ccc(C#N)c(C(F)(F)F)c1)CC2CO. The number of likely N-dealkylation sites (tertiary alicyclic amines) is 1. The number of anilines is 1. The minimum absolute atomic E-state index is 0.0315. The van der Waals surface area contributed by atoms with Crippen molar-refractivity contribution in [2.75, 3.05) is 51.4 Å². The zero-order chi connectivity index (χ0) is 21.9. The van der Waals surface area contributed by atoms with E-state index in [0.29, 0.717) is 57.7 Å². The van der Waals surface area contributed by atoms with Crippen LogP contribution in [0.25, 0.3) is 0 Å². The molecule has 0 aliphatic carbocycles. The van der Waals surface area contributed by atoms with Crippen molar-refractivity contribution < 1.29 is 27.8 Å². The number of piperidine rings is 1. The van der Waals surface area contributed by atoms with E-state index in [-0.39, 0.29) is 23.8 Å². The molecule has 2 saturated heterocycles. The summed E-state index contributed by atoms with van der Waals surface area (Å²) in [6.45, 7) is 2.39. The second-order valence-electron chi connectivity index (χ2n) is 8.09. The first-order chi connectivity index (χ1) is 14.2.